The van der Waals surface area contributed by atoms with Gasteiger partial charge in [-0.25, -0.2) is 4.98 Å². The monoisotopic (exact) mass is 385 g/mol. The summed E-state index contributed by atoms with van der Waals surface area (Å²) in [5.41, 5.74) is 3.12. The van der Waals surface area contributed by atoms with Crippen molar-refractivity contribution in [3.05, 3.63) is 63.4 Å². The number of aromatic nitrogens is 1. The van der Waals surface area contributed by atoms with Gasteiger partial charge in [0.1, 0.15) is 5.82 Å². The standard InChI is InChI=1S/C19H16ClN3O2S/c1-11-16(13-8-14(20)10-15(9-13)22-12(2)24)5-6-21-18(11)23-19(25)17-4-3-7-26-17/h3-10H,1-2H3,(H,22,24)(H,21,23,25). The summed E-state index contributed by atoms with van der Waals surface area (Å²) >= 11 is 7.56. The van der Waals surface area contributed by atoms with E-state index >= 15 is 0 Å². The Morgan fingerprint density at radius 3 is 2.65 bits per heavy atom. The third-order valence-corrected chi connectivity index (χ3v) is 4.80. The van der Waals surface area contributed by atoms with E-state index in [1.165, 1.54) is 18.3 Å². The van der Waals surface area contributed by atoms with Crippen LogP contribution in [-0.2, 0) is 4.79 Å². The molecule has 0 radical (unpaired) electrons. The topological polar surface area (TPSA) is 71.1 Å². The minimum absolute atomic E-state index is 0.173. The molecule has 132 valence electrons. The molecule has 0 unspecified atom stereocenters. The van der Waals surface area contributed by atoms with Crippen molar-refractivity contribution >= 4 is 46.3 Å². The fourth-order valence-corrected chi connectivity index (χ4v) is 3.43. The van der Waals surface area contributed by atoms with Crippen LogP contribution in [0, 0.1) is 6.92 Å². The summed E-state index contributed by atoms with van der Waals surface area (Å²) in [7, 11) is 0. The Morgan fingerprint density at radius 2 is 1.96 bits per heavy atom. The van der Waals surface area contributed by atoms with E-state index in [1.54, 1.807) is 24.4 Å². The van der Waals surface area contributed by atoms with E-state index in [0.29, 0.717) is 21.4 Å². The first kappa shape index (κ1) is 18.1. The highest BCUT2D eigenvalue weighted by Gasteiger charge is 2.13. The normalized spacial score (nSPS) is 10.4. The summed E-state index contributed by atoms with van der Waals surface area (Å²) in [5, 5.41) is 7.93. The molecule has 0 saturated carbocycles. The van der Waals surface area contributed by atoms with Crippen molar-refractivity contribution in [3.63, 3.8) is 0 Å². The summed E-state index contributed by atoms with van der Waals surface area (Å²) in [6.45, 7) is 3.32. The average Bonchev–Trinajstić information content (AvgIpc) is 3.10. The lowest BCUT2D eigenvalue weighted by atomic mass is 10.0. The molecule has 3 aromatic rings. The number of thiophene rings is 1. The Labute approximate surface area is 160 Å². The molecule has 5 nitrogen and oxygen atoms in total. The maximum atomic E-state index is 12.3. The smallest absolute Gasteiger partial charge is 0.266 e. The molecule has 3 rings (SSSR count). The summed E-state index contributed by atoms with van der Waals surface area (Å²) in [4.78, 5) is 28.5. The van der Waals surface area contributed by atoms with Gasteiger partial charge >= 0.3 is 0 Å². The van der Waals surface area contributed by atoms with Gasteiger partial charge in [-0.1, -0.05) is 17.7 Å². The molecule has 0 aliphatic carbocycles. The van der Waals surface area contributed by atoms with Crippen molar-refractivity contribution in [1.29, 1.82) is 0 Å². The Hall–Kier alpha value is -2.70. The van der Waals surface area contributed by atoms with Crippen LogP contribution < -0.4 is 10.6 Å². The quantitative estimate of drug-likeness (QED) is 0.665. The van der Waals surface area contributed by atoms with Gasteiger partial charge < -0.3 is 10.6 Å². The lowest BCUT2D eigenvalue weighted by Crippen LogP contribution is -2.12. The minimum Gasteiger partial charge on any atom is -0.326 e. The molecule has 0 aliphatic rings. The lowest BCUT2D eigenvalue weighted by Gasteiger charge is -2.13. The molecule has 1 aromatic carbocycles. The number of nitrogens with zero attached hydrogens (tertiary/aromatic N) is 1. The van der Waals surface area contributed by atoms with Gasteiger partial charge in [-0.05, 0) is 59.3 Å². The Balaban J connectivity index is 1.95. The zero-order chi connectivity index (χ0) is 18.7. The van der Waals surface area contributed by atoms with E-state index in [9.17, 15) is 9.59 Å². The van der Waals surface area contributed by atoms with Gasteiger partial charge in [0.2, 0.25) is 5.91 Å². The maximum Gasteiger partial charge on any atom is 0.266 e. The van der Waals surface area contributed by atoms with Gasteiger partial charge in [0.25, 0.3) is 5.91 Å². The molecular weight excluding hydrogens is 370 g/mol. The van der Waals surface area contributed by atoms with Gasteiger partial charge in [-0.2, -0.15) is 0 Å². The number of carbonyl (C=O) groups is 2. The Kier molecular flexibility index (Phi) is 5.35. The van der Waals surface area contributed by atoms with Crippen LogP contribution in [0.1, 0.15) is 22.2 Å². The van der Waals surface area contributed by atoms with E-state index in [2.05, 4.69) is 15.6 Å². The van der Waals surface area contributed by atoms with Gasteiger partial charge in [-0.3, -0.25) is 9.59 Å². The van der Waals surface area contributed by atoms with Crippen LogP contribution in [0.3, 0.4) is 0 Å². The zero-order valence-corrected chi connectivity index (χ0v) is 15.7. The number of benzene rings is 1. The van der Waals surface area contributed by atoms with Crippen LogP contribution in [0.5, 0.6) is 0 Å². The van der Waals surface area contributed by atoms with Gasteiger partial charge in [0.15, 0.2) is 0 Å². The molecular formula is C19H16ClN3O2S. The predicted molar refractivity (Wildman–Crippen MR) is 106 cm³/mol. The van der Waals surface area contributed by atoms with Crippen molar-refractivity contribution < 1.29 is 9.59 Å². The molecule has 0 bridgehead atoms. The fourth-order valence-electron chi connectivity index (χ4n) is 2.57. The van der Waals surface area contributed by atoms with E-state index in [0.717, 1.165) is 16.7 Å². The van der Waals surface area contributed by atoms with E-state index in [4.69, 9.17) is 11.6 Å². The summed E-state index contributed by atoms with van der Waals surface area (Å²) in [6.07, 6.45) is 1.63. The summed E-state index contributed by atoms with van der Waals surface area (Å²) < 4.78 is 0. The second-order valence-corrected chi connectivity index (χ2v) is 7.06. The van der Waals surface area contributed by atoms with Crippen molar-refractivity contribution in [2.75, 3.05) is 10.6 Å². The molecule has 0 saturated heterocycles. The zero-order valence-electron chi connectivity index (χ0n) is 14.2. The third-order valence-electron chi connectivity index (χ3n) is 3.71. The van der Waals surface area contributed by atoms with Crippen LogP contribution in [0.2, 0.25) is 5.02 Å². The second kappa shape index (κ2) is 7.68. The van der Waals surface area contributed by atoms with Crippen molar-refractivity contribution in [2.24, 2.45) is 0 Å². The molecule has 7 heteroatoms. The second-order valence-electron chi connectivity index (χ2n) is 5.67. The van der Waals surface area contributed by atoms with E-state index in [-0.39, 0.29) is 11.8 Å². The fraction of sp³-hybridized carbons (Fsp3) is 0.105. The van der Waals surface area contributed by atoms with Gasteiger partial charge in [-0.15, -0.1) is 11.3 Å². The highest BCUT2D eigenvalue weighted by atomic mass is 35.5. The third kappa shape index (κ3) is 4.09. The molecule has 0 aliphatic heterocycles. The number of halogens is 1. The number of anilines is 2. The number of amides is 2. The largest absolute Gasteiger partial charge is 0.326 e. The predicted octanol–water partition coefficient (Wildman–Crippen LogP) is 4.98. The molecule has 2 amide bonds. The minimum atomic E-state index is -0.197. The molecule has 26 heavy (non-hydrogen) atoms. The number of hydrogen-bond donors (Lipinski definition) is 2. The van der Waals surface area contributed by atoms with Crippen LogP contribution in [0.4, 0.5) is 11.5 Å². The molecule has 2 aromatic heterocycles. The Morgan fingerprint density at radius 1 is 1.15 bits per heavy atom. The number of carbonyl (C=O) groups excluding carboxylic acids is 2. The van der Waals surface area contributed by atoms with Crippen LogP contribution in [0.15, 0.2) is 48.0 Å². The van der Waals surface area contributed by atoms with Crippen molar-refractivity contribution in [1.82, 2.24) is 4.98 Å². The molecule has 0 fully saturated rings. The van der Waals surface area contributed by atoms with E-state index in [1.807, 2.05) is 30.5 Å². The molecule has 2 N–H and O–H groups in total. The summed E-state index contributed by atoms with van der Waals surface area (Å²) in [6, 6.07) is 10.8. The van der Waals surface area contributed by atoms with Crippen molar-refractivity contribution in [2.45, 2.75) is 13.8 Å². The molecule has 2 heterocycles. The van der Waals surface area contributed by atoms with Gasteiger partial charge in [0.05, 0.1) is 4.88 Å². The number of hydrogen-bond acceptors (Lipinski definition) is 4. The highest BCUT2D eigenvalue weighted by Crippen LogP contribution is 2.31. The lowest BCUT2D eigenvalue weighted by molar-refractivity contribution is -0.114. The van der Waals surface area contributed by atoms with Gasteiger partial charge in [0, 0.05) is 23.8 Å². The number of pyridine rings is 1. The molecule has 0 atom stereocenters. The van der Waals surface area contributed by atoms with Crippen LogP contribution in [0.25, 0.3) is 11.1 Å². The van der Waals surface area contributed by atoms with Crippen LogP contribution >= 0.6 is 22.9 Å². The van der Waals surface area contributed by atoms with Crippen LogP contribution in [-0.4, -0.2) is 16.8 Å². The highest BCUT2D eigenvalue weighted by molar-refractivity contribution is 7.12. The maximum absolute atomic E-state index is 12.3. The number of rotatable bonds is 4. The summed E-state index contributed by atoms with van der Waals surface area (Å²) in [5.74, 6) is 0.119. The average molecular weight is 386 g/mol. The van der Waals surface area contributed by atoms with Crippen molar-refractivity contribution in [3.8, 4) is 11.1 Å². The first-order valence-corrected chi connectivity index (χ1v) is 9.09. The molecule has 0 spiro atoms. The first-order chi connectivity index (χ1) is 12.4. The SMILES string of the molecule is CC(=O)Nc1cc(Cl)cc(-c2ccnc(NC(=O)c3cccs3)c2C)c1. The van der Waals surface area contributed by atoms with E-state index < -0.39 is 0 Å². The Bertz CT molecular complexity index is 971. The first-order valence-electron chi connectivity index (χ1n) is 7.83. The number of nitrogens with one attached hydrogen (secondary N) is 2.